The number of hydrogen-bond acceptors (Lipinski definition) is 4. The number of nitrogens with zero attached hydrogens (tertiary/aromatic N) is 1. The Hall–Kier alpha value is -2.24. The van der Waals surface area contributed by atoms with Gasteiger partial charge in [0.25, 0.3) is 5.91 Å². The largest absolute Gasteiger partial charge is 0.490 e. The highest BCUT2D eigenvalue weighted by Gasteiger charge is 2.32. The average molecular weight is 321 g/mol. The minimum Gasteiger partial charge on any atom is -0.490 e. The van der Waals surface area contributed by atoms with Gasteiger partial charge in [-0.2, -0.15) is 0 Å². The van der Waals surface area contributed by atoms with Crippen LogP contribution in [0.25, 0.3) is 0 Å². The molecule has 1 aromatic rings. The van der Waals surface area contributed by atoms with Crippen LogP contribution in [0.1, 0.15) is 37.6 Å². The summed E-state index contributed by atoms with van der Waals surface area (Å²) < 4.78 is 10.7. The molecule has 1 aromatic carbocycles. The van der Waals surface area contributed by atoms with E-state index in [1.807, 2.05) is 11.8 Å². The molecule has 0 bridgehead atoms. The van der Waals surface area contributed by atoms with Crippen LogP contribution in [0.4, 0.5) is 0 Å². The van der Waals surface area contributed by atoms with Crippen molar-refractivity contribution >= 4 is 11.9 Å². The minimum absolute atomic E-state index is 0.0405. The van der Waals surface area contributed by atoms with E-state index in [0.717, 1.165) is 19.5 Å². The number of rotatable bonds is 6. The van der Waals surface area contributed by atoms with E-state index >= 15 is 0 Å². The van der Waals surface area contributed by atoms with Gasteiger partial charge in [0.1, 0.15) is 0 Å². The number of hydrogen-bond donors (Lipinski definition) is 1. The van der Waals surface area contributed by atoms with Crippen molar-refractivity contribution < 1.29 is 24.2 Å². The van der Waals surface area contributed by atoms with Crippen molar-refractivity contribution in [2.24, 2.45) is 5.41 Å². The lowest BCUT2D eigenvalue weighted by molar-refractivity contribution is -0.139. The molecule has 1 aliphatic heterocycles. The highest BCUT2D eigenvalue weighted by Crippen LogP contribution is 2.32. The summed E-state index contributed by atoms with van der Waals surface area (Å²) in [5.74, 6) is -0.390. The Balaban J connectivity index is 2.18. The Morgan fingerprint density at radius 1 is 1.26 bits per heavy atom. The maximum Gasteiger partial charge on any atom is 0.341 e. The van der Waals surface area contributed by atoms with Crippen LogP contribution < -0.4 is 9.47 Å². The van der Waals surface area contributed by atoms with Gasteiger partial charge < -0.3 is 19.5 Å². The molecule has 1 amide bonds. The number of carbonyl (C=O) groups excluding carboxylic acids is 1. The fraction of sp³-hybridized carbons (Fsp3) is 0.529. The average Bonchev–Trinajstić information content (AvgIpc) is 2.85. The van der Waals surface area contributed by atoms with Crippen LogP contribution in [0.2, 0.25) is 0 Å². The van der Waals surface area contributed by atoms with Crippen LogP contribution in [0, 0.1) is 5.41 Å². The van der Waals surface area contributed by atoms with Gasteiger partial charge in [-0.25, -0.2) is 4.79 Å². The Bertz CT molecular complexity index is 597. The molecule has 2 rings (SSSR count). The zero-order valence-electron chi connectivity index (χ0n) is 13.8. The molecular weight excluding hydrogens is 298 g/mol. The lowest BCUT2D eigenvalue weighted by atomic mass is 9.93. The van der Waals surface area contributed by atoms with Crippen LogP contribution in [0.15, 0.2) is 18.2 Å². The zero-order chi connectivity index (χ0) is 17.0. The van der Waals surface area contributed by atoms with Gasteiger partial charge in [0.2, 0.25) is 0 Å². The van der Waals surface area contributed by atoms with Crippen LogP contribution in [-0.4, -0.2) is 48.2 Å². The molecular formula is C17H23NO5. The number of likely N-dealkylation sites (tertiary alicyclic amines) is 1. The molecule has 0 saturated carbocycles. The molecule has 1 fully saturated rings. The Morgan fingerprint density at radius 2 is 2.00 bits per heavy atom. The van der Waals surface area contributed by atoms with E-state index < -0.39 is 12.6 Å². The van der Waals surface area contributed by atoms with Crippen molar-refractivity contribution in [1.82, 2.24) is 4.90 Å². The van der Waals surface area contributed by atoms with Crippen LogP contribution in [-0.2, 0) is 4.79 Å². The molecule has 6 heteroatoms. The third-order valence-corrected chi connectivity index (χ3v) is 3.81. The number of carboxylic acids is 1. The van der Waals surface area contributed by atoms with E-state index in [0.29, 0.717) is 23.7 Å². The number of carboxylic acid groups (broad SMARTS) is 1. The van der Waals surface area contributed by atoms with E-state index in [4.69, 9.17) is 14.6 Å². The van der Waals surface area contributed by atoms with E-state index in [1.54, 1.807) is 18.2 Å². The van der Waals surface area contributed by atoms with Crippen molar-refractivity contribution in [3.8, 4) is 11.5 Å². The quantitative estimate of drug-likeness (QED) is 0.871. The van der Waals surface area contributed by atoms with Gasteiger partial charge in [0.15, 0.2) is 18.1 Å². The highest BCUT2D eigenvalue weighted by molar-refractivity contribution is 5.95. The van der Waals surface area contributed by atoms with Crippen LogP contribution in [0.5, 0.6) is 11.5 Å². The van der Waals surface area contributed by atoms with Crippen molar-refractivity contribution in [3.05, 3.63) is 23.8 Å². The molecule has 0 spiro atoms. The topological polar surface area (TPSA) is 76.1 Å². The van der Waals surface area contributed by atoms with Gasteiger partial charge >= 0.3 is 5.97 Å². The molecule has 126 valence electrons. The minimum atomic E-state index is -1.06. The van der Waals surface area contributed by atoms with Gasteiger partial charge in [-0.05, 0) is 37.0 Å². The summed E-state index contributed by atoms with van der Waals surface area (Å²) in [5, 5.41) is 8.70. The lowest BCUT2D eigenvalue weighted by Crippen LogP contribution is -2.30. The molecule has 0 unspecified atom stereocenters. The first-order valence-electron chi connectivity index (χ1n) is 7.73. The smallest absolute Gasteiger partial charge is 0.341 e. The van der Waals surface area contributed by atoms with Gasteiger partial charge in [0.05, 0.1) is 6.61 Å². The fourth-order valence-corrected chi connectivity index (χ4v) is 2.64. The predicted molar refractivity (Wildman–Crippen MR) is 85.0 cm³/mol. The molecule has 1 saturated heterocycles. The third kappa shape index (κ3) is 4.37. The summed E-state index contributed by atoms with van der Waals surface area (Å²) in [5.41, 5.74) is 0.664. The molecule has 6 nitrogen and oxygen atoms in total. The molecule has 0 atom stereocenters. The second-order valence-corrected chi connectivity index (χ2v) is 6.42. The summed E-state index contributed by atoms with van der Waals surface area (Å²) >= 11 is 0. The monoisotopic (exact) mass is 321 g/mol. The number of benzene rings is 1. The van der Waals surface area contributed by atoms with Gasteiger partial charge in [-0.15, -0.1) is 0 Å². The first-order chi connectivity index (χ1) is 10.8. The summed E-state index contributed by atoms with van der Waals surface area (Å²) in [6.07, 6.45) is 0.983. The van der Waals surface area contributed by atoms with Crippen LogP contribution >= 0.6 is 0 Å². The Labute approximate surface area is 136 Å². The van der Waals surface area contributed by atoms with E-state index in [1.165, 1.54) is 0 Å². The molecule has 0 aromatic heterocycles. The number of amides is 1. The van der Waals surface area contributed by atoms with Crippen LogP contribution in [0.3, 0.4) is 0 Å². The van der Waals surface area contributed by atoms with Crippen molar-refractivity contribution in [2.75, 3.05) is 26.3 Å². The first-order valence-corrected chi connectivity index (χ1v) is 7.73. The van der Waals surface area contributed by atoms with E-state index in [2.05, 4.69) is 13.8 Å². The second kappa shape index (κ2) is 6.89. The maximum atomic E-state index is 12.6. The highest BCUT2D eigenvalue weighted by atomic mass is 16.5. The molecule has 1 aliphatic rings. The van der Waals surface area contributed by atoms with E-state index in [9.17, 15) is 9.59 Å². The second-order valence-electron chi connectivity index (χ2n) is 6.42. The summed E-state index contributed by atoms with van der Waals surface area (Å²) in [6.45, 7) is 7.54. The first kappa shape index (κ1) is 17.1. The van der Waals surface area contributed by atoms with Gasteiger partial charge in [-0.3, -0.25) is 4.79 Å². The number of ether oxygens (including phenoxy) is 2. The molecule has 1 heterocycles. The van der Waals surface area contributed by atoms with Gasteiger partial charge in [-0.1, -0.05) is 13.8 Å². The Kier molecular flexibility index (Phi) is 5.13. The van der Waals surface area contributed by atoms with Gasteiger partial charge in [0, 0.05) is 18.7 Å². The fourth-order valence-electron chi connectivity index (χ4n) is 2.64. The maximum absolute atomic E-state index is 12.6. The molecule has 1 N–H and O–H groups in total. The summed E-state index contributed by atoms with van der Waals surface area (Å²) in [4.78, 5) is 25.1. The number of aliphatic carboxylic acids is 1. The standard InChI is InChI=1S/C17H23NO5/c1-4-22-14-9-12(5-6-13(14)23-10-15(19)20)16(21)18-8-7-17(2,3)11-18/h5-6,9H,4,7-8,10-11H2,1-3H3,(H,19,20). The van der Waals surface area contributed by atoms with Crippen molar-refractivity contribution in [1.29, 1.82) is 0 Å². The van der Waals surface area contributed by atoms with Crippen molar-refractivity contribution in [2.45, 2.75) is 27.2 Å². The predicted octanol–water partition coefficient (Wildman–Crippen LogP) is 2.42. The lowest BCUT2D eigenvalue weighted by Gasteiger charge is -2.20. The molecule has 23 heavy (non-hydrogen) atoms. The summed E-state index contributed by atoms with van der Waals surface area (Å²) in [6, 6.07) is 4.85. The summed E-state index contributed by atoms with van der Waals surface area (Å²) in [7, 11) is 0. The van der Waals surface area contributed by atoms with Crippen molar-refractivity contribution in [3.63, 3.8) is 0 Å². The SMILES string of the molecule is CCOc1cc(C(=O)N2CCC(C)(C)C2)ccc1OCC(=O)O. The normalized spacial score (nSPS) is 16.2. The number of carbonyl (C=O) groups is 2. The Morgan fingerprint density at radius 3 is 2.57 bits per heavy atom. The zero-order valence-corrected chi connectivity index (χ0v) is 13.8. The molecule has 0 radical (unpaired) electrons. The van der Waals surface area contributed by atoms with E-state index in [-0.39, 0.29) is 11.3 Å². The molecule has 0 aliphatic carbocycles. The third-order valence-electron chi connectivity index (χ3n) is 3.81.